The highest BCUT2D eigenvalue weighted by Gasteiger charge is 2.14. The summed E-state index contributed by atoms with van der Waals surface area (Å²) in [6.07, 6.45) is 1.61. The molecule has 0 fully saturated rings. The number of aryl methyl sites for hydroxylation is 3. The number of hydrogen-bond acceptors (Lipinski definition) is 2. The maximum atomic E-state index is 10.9. The van der Waals surface area contributed by atoms with E-state index in [9.17, 15) is 4.57 Å². The van der Waals surface area contributed by atoms with Crippen molar-refractivity contribution in [1.82, 2.24) is 0 Å². The zero-order chi connectivity index (χ0) is 15.2. The molecule has 1 atom stereocenters. The van der Waals surface area contributed by atoms with E-state index in [1.807, 2.05) is 30.3 Å². The minimum absolute atomic E-state index is 0.134. The standard InChI is InChI=1S/C18H21O2P/c1-13-11-14(2)17(15(3)12-13)9-10-18(20-21-19)16-7-5-4-6-8-16/h4-8,11-12,18H,9-10H2,1-3H3. The first-order chi connectivity index (χ1) is 10.1. The minimum atomic E-state index is -0.263. The van der Waals surface area contributed by atoms with Gasteiger partial charge in [0.15, 0.2) is 0 Å². The molecule has 0 spiro atoms. The first-order valence-corrected chi connectivity index (χ1v) is 7.95. The fourth-order valence-corrected chi connectivity index (χ4v) is 3.21. The molecule has 0 aliphatic carbocycles. The Bertz CT molecular complexity index is 585. The summed E-state index contributed by atoms with van der Waals surface area (Å²) in [5.41, 5.74) is 6.37. The second kappa shape index (κ2) is 7.49. The van der Waals surface area contributed by atoms with E-state index in [2.05, 4.69) is 32.9 Å². The Balaban J connectivity index is 2.14. The Morgan fingerprint density at radius 3 is 2.24 bits per heavy atom. The molecule has 21 heavy (non-hydrogen) atoms. The van der Waals surface area contributed by atoms with Crippen LogP contribution in [0.25, 0.3) is 0 Å². The van der Waals surface area contributed by atoms with Crippen molar-refractivity contribution in [3.8, 4) is 0 Å². The molecule has 0 amide bonds. The summed E-state index contributed by atoms with van der Waals surface area (Å²) in [7, 11) is -0.263. The molecule has 2 aromatic carbocycles. The van der Waals surface area contributed by atoms with E-state index < -0.39 is 0 Å². The Labute approximate surface area is 128 Å². The molecular formula is C18H21O2P. The van der Waals surface area contributed by atoms with E-state index in [0.717, 1.165) is 18.4 Å². The van der Waals surface area contributed by atoms with E-state index in [1.165, 1.54) is 22.3 Å². The minimum Gasteiger partial charge on any atom is -0.286 e. The van der Waals surface area contributed by atoms with Crippen LogP contribution in [0.2, 0.25) is 0 Å². The molecule has 2 aromatic rings. The van der Waals surface area contributed by atoms with Crippen LogP contribution >= 0.6 is 8.69 Å². The summed E-state index contributed by atoms with van der Waals surface area (Å²) < 4.78 is 16.2. The molecule has 0 radical (unpaired) electrons. The smallest absolute Gasteiger partial charge is 0.286 e. The Hall–Kier alpha value is -1.50. The third-order valence-corrected chi connectivity index (χ3v) is 4.18. The van der Waals surface area contributed by atoms with Crippen LogP contribution in [0.5, 0.6) is 0 Å². The first kappa shape index (κ1) is 15.9. The van der Waals surface area contributed by atoms with Gasteiger partial charge in [-0.05, 0) is 55.9 Å². The van der Waals surface area contributed by atoms with Crippen LogP contribution in [0, 0.1) is 20.8 Å². The summed E-state index contributed by atoms with van der Waals surface area (Å²) in [5, 5.41) is 0. The lowest BCUT2D eigenvalue weighted by Crippen LogP contribution is -2.03. The van der Waals surface area contributed by atoms with E-state index >= 15 is 0 Å². The quantitative estimate of drug-likeness (QED) is 0.658. The van der Waals surface area contributed by atoms with Gasteiger partial charge in [-0.15, -0.1) is 0 Å². The van der Waals surface area contributed by atoms with E-state index in [-0.39, 0.29) is 14.8 Å². The number of hydrogen-bond donors (Lipinski definition) is 0. The molecular weight excluding hydrogens is 279 g/mol. The maximum absolute atomic E-state index is 10.9. The van der Waals surface area contributed by atoms with Crippen molar-refractivity contribution in [2.75, 3.05) is 0 Å². The molecule has 0 aliphatic rings. The van der Waals surface area contributed by atoms with Gasteiger partial charge in [0.1, 0.15) is 0 Å². The van der Waals surface area contributed by atoms with Gasteiger partial charge in [0, 0.05) is 0 Å². The Kier molecular flexibility index (Phi) is 5.67. The monoisotopic (exact) mass is 300 g/mol. The lowest BCUT2D eigenvalue weighted by Gasteiger charge is -2.16. The highest BCUT2D eigenvalue weighted by Crippen LogP contribution is 2.28. The average molecular weight is 300 g/mol. The van der Waals surface area contributed by atoms with Crippen LogP contribution in [0.3, 0.4) is 0 Å². The van der Waals surface area contributed by atoms with Gasteiger partial charge in [0.25, 0.3) is 0 Å². The molecule has 0 saturated heterocycles. The van der Waals surface area contributed by atoms with Gasteiger partial charge >= 0.3 is 8.69 Å². The highest BCUT2D eigenvalue weighted by atomic mass is 31.1. The molecule has 3 heteroatoms. The molecule has 0 saturated carbocycles. The zero-order valence-corrected chi connectivity index (χ0v) is 13.7. The fourth-order valence-electron chi connectivity index (χ4n) is 2.88. The lowest BCUT2D eigenvalue weighted by molar-refractivity contribution is 0.217. The van der Waals surface area contributed by atoms with Gasteiger partial charge in [-0.1, -0.05) is 48.0 Å². The second-order valence-electron chi connectivity index (χ2n) is 5.50. The van der Waals surface area contributed by atoms with Crippen molar-refractivity contribution in [2.45, 2.75) is 39.7 Å². The Morgan fingerprint density at radius 1 is 1.05 bits per heavy atom. The van der Waals surface area contributed by atoms with Crippen LogP contribution in [-0.4, -0.2) is 0 Å². The molecule has 0 N–H and O–H groups in total. The Morgan fingerprint density at radius 2 is 1.67 bits per heavy atom. The van der Waals surface area contributed by atoms with Gasteiger partial charge in [-0.2, -0.15) is 0 Å². The lowest BCUT2D eigenvalue weighted by atomic mass is 9.94. The summed E-state index contributed by atoms with van der Waals surface area (Å²) in [4.78, 5) is 0. The van der Waals surface area contributed by atoms with E-state index in [4.69, 9.17) is 4.52 Å². The topological polar surface area (TPSA) is 26.3 Å². The highest BCUT2D eigenvalue weighted by molar-refractivity contribution is 7.17. The van der Waals surface area contributed by atoms with Crippen LogP contribution in [0.1, 0.15) is 40.3 Å². The second-order valence-corrected chi connectivity index (χ2v) is 5.86. The predicted molar refractivity (Wildman–Crippen MR) is 86.8 cm³/mol. The van der Waals surface area contributed by atoms with Gasteiger partial charge in [-0.3, -0.25) is 4.52 Å². The molecule has 0 aromatic heterocycles. The van der Waals surface area contributed by atoms with Crippen LogP contribution in [-0.2, 0) is 15.5 Å². The van der Waals surface area contributed by atoms with Crippen molar-refractivity contribution < 1.29 is 9.09 Å². The molecule has 0 heterocycles. The van der Waals surface area contributed by atoms with Crippen molar-refractivity contribution >= 4 is 8.69 Å². The molecule has 2 rings (SSSR count). The molecule has 110 valence electrons. The third kappa shape index (κ3) is 4.23. The van der Waals surface area contributed by atoms with Gasteiger partial charge in [0.05, 0.1) is 6.10 Å². The first-order valence-electron chi connectivity index (χ1n) is 7.22. The van der Waals surface area contributed by atoms with Crippen molar-refractivity contribution in [1.29, 1.82) is 0 Å². The normalized spacial score (nSPS) is 12.5. The van der Waals surface area contributed by atoms with Crippen molar-refractivity contribution in [2.24, 2.45) is 0 Å². The van der Waals surface area contributed by atoms with E-state index in [1.54, 1.807) is 0 Å². The maximum Gasteiger partial charge on any atom is 0.327 e. The molecule has 0 bridgehead atoms. The van der Waals surface area contributed by atoms with Crippen molar-refractivity contribution in [3.05, 3.63) is 70.3 Å². The van der Waals surface area contributed by atoms with Gasteiger partial charge in [0.2, 0.25) is 0 Å². The fraction of sp³-hybridized carbons (Fsp3) is 0.333. The molecule has 2 nitrogen and oxygen atoms in total. The molecule has 1 unspecified atom stereocenters. The zero-order valence-electron chi connectivity index (χ0n) is 12.8. The number of rotatable bonds is 6. The van der Waals surface area contributed by atoms with Crippen LogP contribution < -0.4 is 0 Å². The molecule has 0 aliphatic heterocycles. The van der Waals surface area contributed by atoms with Crippen LogP contribution in [0.15, 0.2) is 42.5 Å². The average Bonchev–Trinajstić information content (AvgIpc) is 2.46. The predicted octanol–water partition coefficient (Wildman–Crippen LogP) is 5.51. The summed E-state index contributed by atoms with van der Waals surface area (Å²) >= 11 is 0. The largest absolute Gasteiger partial charge is 0.327 e. The number of benzene rings is 2. The summed E-state index contributed by atoms with van der Waals surface area (Å²) in [6.45, 7) is 6.43. The third-order valence-electron chi connectivity index (χ3n) is 3.84. The SMILES string of the molecule is Cc1cc(C)c(CCC(OP=O)c2ccccc2)c(C)c1. The van der Waals surface area contributed by atoms with Crippen molar-refractivity contribution in [3.63, 3.8) is 0 Å². The summed E-state index contributed by atoms with van der Waals surface area (Å²) in [6, 6.07) is 14.4. The van der Waals surface area contributed by atoms with E-state index in [0.29, 0.717) is 0 Å². The van der Waals surface area contributed by atoms with Gasteiger partial charge < -0.3 is 0 Å². The van der Waals surface area contributed by atoms with Crippen LogP contribution in [0.4, 0.5) is 0 Å². The summed E-state index contributed by atoms with van der Waals surface area (Å²) in [5.74, 6) is 0. The van der Waals surface area contributed by atoms with Gasteiger partial charge in [-0.25, -0.2) is 4.57 Å².